The molecule has 0 aliphatic rings. The van der Waals surface area contributed by atoms with E-state index in [1.54, 1.807) is 0 Å². The molecule has 4 nitrogen and oxygen atoms in total. The Labute approximate surface area is 29.2 Å². The van der Waals surface area contributed by atoms with Gasteiger partial charge in [-0.3, -0.25) is 5.41 Å². The summed E-state index contributed by atoms with van der Waals surface area (Å²) < 4.78 is 0. The molecule has 0 atom stereocenters. The molecule has 28 valence electrons. The zero-order valence-corrected chi connectivity index (χ0v) is 2.55. The number of nitrogens with one attached hydrogen (secondary N) is 1. The lowest BCUT2D eigenvalue weighted by Gasteiger charge is -1.58. The third-order valence-electron chi connectivity index (χ3n) is 0.124. The SMILES string of the molecule is N=CN=NN. The van der Waals surface area contributed by atoms with Crippen LogP contribution in [0.4, 0.5) is 0 Å². The van der Waals surface area contributed by atoms with Crippen molar-refractivity contribution in [3.8, 4) is 0 Å². The topological polar surface area (TPSA) is 74.6 Å². The Kier molecular flexibility index (Phi) is 2.50. The first-order valence-electron chi connectivity index (χ1n) is 1.01. The highest BCUT2D eigenvalue weighted by molar-refractivity contribution is 5.49. The lowest BCUT2D eigenvalue weighted by molar-refractivity contribution is 1.09. The lowest BCUT2D eigenvalue weighted by atomic mass is 11.4. The molecule has 3 N–H and O–H groups in total. The Morgan fingerprint density at radius 1 is 1.80 bits per heavy atom. The highest BCUT2D eigenvalue weighted by Crippen LogP contribution is 1.47. The molecule has 0 saturated heterocycles. The van der Waals surface area contributed by atoms with Crippen LogP contribution < -0.4 is 5.84 Å². The maximum Gasteiger partial charge on any atom is 0.131 e. The molecule has 0 heterocycles. The van der Waals surface area contributed by atoms with Crippen molar-refractivity contribution in [1.29, 1.82) is 5.41 Å². The van der Waals surface area contributed by atoms with Crippen LogP contribution >= 0.6 is 0 Å². The van der Waals surface area contributed by atoms with E-state index in [0.29, 0.717) is 0 Å². The first-order valence-corrected chi connectivity index (χ1v) is 1.01. The normalized spacial score (nSPS) is 8.80. The summed E-state index contributed by atoms with van der Waals surface area (Å²) in [5, 5.41) is 11.8. The maximum atomic E-state index is 6.14. The van der Waals surface area contributed by atoms with Gasteiger partial charge in [0.15, 0.2) is 0 Å². The third kappa shape index (κ3) is 3.07. The van der Waals surface area contributed by atoms with Gasteiger partial charge in [0.05, 0.1) is 0 Å². The van der Waals surface area contributed by atoms with Crippen molar-refractivity contribution < 1.29 is 0 Å². The summed E-state index contributed by atoms with van der Waals surface area (Å²) >= 11 is 0. The second-order valence-electron chi connectivity index (χ2n) is 0.360. The van der Waals surface area contributed by atoms with Crippen LogP contribution in [-0.4, -0.2) is 6.34 Å². The fourth-order valence-corrected chi connectivity index (χ4v) is 0.0333. The van der Waals surface area contributed by atoms with E-state index < -0.39 is 0 Å². The Morgan fingerprint density at radius 3 is 2.40 bits per heavy atom. The highest BCUT2D eigenvalue weighted by Gasteiger charge is 1.42. The molecule has 0 aromatic carbocycles. The van der Waals surface area contributed by atoms with Crippen LogP contribution in [0.25, 0.3) is 0 Å². The lowest BCUT2D eigenvalue weighted by Crippen LogP contribution is -1.72. The molecule has 4 heteroatoms. The van der Waals surface area contributed by atoms with E-state index in [0.717, 1.165) is 6.34 Å². The number of nitrogens with zero attached hydrogens (tertiary/aromatic N) is 2. The predicted molar refractivity (Wildman–Crippen MR) is 17.8 cm³/mol. The van der Waals surface area contributed by atoms with E-state index in [9.17, 15) is 0 Å². The van der Waals surface area contributed by atoms with Gasteiger partial charge >= 0.3 is 0 Å². The molecule has 0 saturated carbocycles. The molecular weight excluding hydrogens is 68.0 g/mol. The fraction of sp³-hybridized carbons (Fsp3) is 0. The number of hydrogen-bond acceptors (Lipinski definition) is 2. The molecule has 5 heavy (non-hydrogen) atoms. The molecular formula is CH4N4. The van der Waals surface area contributed by atoms with Crippen molar-refractivity contribution in [2.24, 2.45) is 16.2 Å². The van der Waals surface area contributed by atoms with Gasteiger partial charge in [-0.1, -0.05) is 5.22 Å². The summed E-state index contributed by atoms with van der Waals surface area (Å²) in [6.07, 6.45) is 0.764. The van der Waals surface area contributed by atoms with Gasteiger partial charge in [0.2, 0.25) is 0 Å². The second kappa shape index (κ2) is 3.07. The van der Waals surface area contributed by atoms with Crippen LogP contribution in [0.2, 0.25) is 0 Å². The van der Waals surface area contributed by atoms with Gasteiger partial charge in [0.25, 0.3) is 0 Å². The van der Waals surface area contributed by atoms with E-state index in [-0.39, 0.29) is 0 Å². The van der Waals surface area contributed by atoms with Gasteiger partial charge in [0, 0.05) is 0 Å². The summed E-state index contributed by atoms with van der Waals surface area (Å²) in [5.41, 5.74) is 0. The Morgan fingerprint density at radius 2 is 2.40 bits per heavy atom. The Balaban J connectivity index is 2.92. The molecule has 0 aromatic heterocycles. The van der Waals surface area contributed by atoms with Crippen molar-refractivity contribution in [2.75, 3.05) is 0 Å². The van der Waals surface area contributed by atoms with Crippen LogP contribution in [-0.2, 0) is 0 Å². The van der Waals surface area contributed by atoms with Crippen LogP contribution in [0, 0.1) is 5.41 Å². The van der Waals surface area contributed by atoms with Crippen LogP contribution in [0.15, 0.2) is 10.3 Å². The minimum Gasteiger partial charge on any atom is -0.305 e. The predicted octanol–water partition coefficient (Wildman–Crippen LogP) is -0.0806. The van der Waals surface area contributed by atoms with Crippen molar-refractivity contribution in [1.82, 2.24) is 0 Å². The Hall–Kier alpha value is -0.930. The zero-order valence-electron chi connectivity index (χ0n) is 2.55. The molecule has 0 aliphatic carbocycles. The number of rotatable bonds is 1. The van der Waals surface area contributed by atoms with E-state index in [1.807, 2.05) is 0 Å². The van der Waals surface area contributed by atoms with Crippen LogP contribution in [0.1, 0.15) is 0 Å². The number of hydrogen-bond donors (Lipinski definition) is 2. The van der Waals surface area contributed by atoms with Gasteiger partial charge in [0.1, 0.15) is 6.34 Å². The minimum absolute atomic E-state index is 0.764. The average molecular weight is 72.1 g/mol. The second-order valence-corrected chi connectivity index (χ2v) is 0.360. The van der Waals surface area contributed by atoms with E-state index in [2.05, 4.69) is 16.2 Å². The van der Waals surface area contributed by atoms with Crippen molar-refractivity contribution in [2.45, 2.75) is 0 Å². The van der Waals surface area contributed by atoms with Gasteiger partial charge < -0.3 is 5.84 Å². The summed E-state index contributed by atoms with van der Waals surface area (Å²) in [4.78, 5) is 0. The van der Waals surface area contributed by atoms with Crippen LogP contribution in [0.3, 0.4) is 0 Å². The molecule has 0 aliphatic heterocycles. The molecule has 0 fully saturated rings. The molecule has 0 aromatic rings. The van der Waals surface area contributed by atoms with Crippen LogP contribution in [0.5, 0.6) is 0 Å². The number of nitrogens with two attached hydrogens (primary N) is 1. The molecule has 0 rings (SSSR count). The third-order valence-corrected chi connectivity index (χ3v) is 0.124. The summed E-state index contributed by atoms with van der Waals surface area (Å²) in [7, 11) is 0. The first kappa shape index (κ1) is 4.07. The standard InChI is InChI=1S/CH4N4/c2-1-4-5-3/h1H,(H3,2,3,4). The quantitative estimate of drug-likeness (QED) is 0.147. The maximum absolute atomic E-state index is 6.14. The van der Waals surface area contributed by atoms with E-state index >= 15 is 0 Å². The Bertz CT molecular complexity index is 45.6. The van der Waals surface area contributed by atoms with Gasteiger partial charge in [-0.15, -0.1) is 5.11 Å². The highest BCUT2D eigenvalue weighted by atomic mass is 15.3. The van der Waals surface area contributed by atoms with Crippen molar-refractivity contribution >= 4 is 6.34 Å². The van der Waals surface area contributed by atoms with Crippen molar-refractivity contribution in [3.05, 3.63) is 0 Å². The van der Waals surface area contributed by atoms with Gasteiger partial charge in [-0.05, 0) is 0 Å². The summed E-state index contributed by atoms with van der Waals surface area (Å²) in [6, 6.07) is 0. The first-order chi connectivity index (χ1) is 2.41. The van der Waals surface area contributed by atoms with E-state index in [1.165, 1.54) is 0 Å². The van der Waals surface area contributed by atoms with E-state index in [4.69, 9.17) is 5.41 Å². The summed E-state index contributed by atoms with van der Waals surface area (Å²) in [5.74, 6) is 4.45. The van der Waals surface area contributed by atoms with Crippen molar-refractivity contribution in [3.63, 3.8) is 0 Å². The molecule has 0 spiro atoms. The smallest absolute Gasteiger partial charge is 0.131 e. The van der Waals surface area contributed by atoms with Gasteiger partial charge in [-0.25, -0.2) is 0 Å². The fourth-order valence-electron chi connectivity index (χ4n) is 0.0333. The molecule has 0 unspecified atom stereocenters. The monoisotopic (exact) mass is 72.0 g/mol. The zero-order chi connectivity index (χ0) is 4.12. The minimum atomic E-state index is 0.764. The largest absolute Gasteiger partial charge is 0.305 e. The average Bonchev–Trinajstić information content (AvgIpc) is 1.41. The molecule has 0 radical (unpaired) electrons. The van der Waals surface area contributed by atoms with Gasteiger partial charge in [-0.2, -0.15) is 0 Å². The molecule has 0 bridgehead atoms. The summed E-state index contributed by atoms with van der Waals surface area (Å²) in [6.45, 7) is 0. The molecule has 0 amide bonds.